The van der Waals surface area contributed by atoms with Crippen molar-refractivity contribution in [2.24, 2.45) is 7.05 Å². The highest BCUT2D eigenvalue weighted by Crippen LogP contribution is 2.18. The first-order chi connectivity index (χ1) is 8.51. The molecular formula is C12H21N5O. The van der Waals surface area contributed by atoms with E-state index in [0.29, 0.717) is 6.42 Å². The summed E-state index contributed by atoms with van der Waals surface area (Å²) in [6.45, 7) is 7.71. The maximum absolute atomic E-state index is 12.4. The summed E-state index contributed by atoms with van der Waals surface area (Å²) in [6.07, 6.45) is 1.83. The third kappa shape index (κ3) is 2.59. The largest absolute Gasteiger partial charge is 0.314 e. The predicted molar refractivity (Wildman–Crippen MR) is 68.2 cm³/mol. The van der Waals surface area contributed by atoms with Crippen molar-refractivity contribution in [2.45, 2.75) is 25.8 Å². The molecule has 6 nitrogen and oxygen atoms in total. The van der Waals surface area contributed by atoms with Crippen LogP contribution in [-0.4, -0.2) is 57.2 Å². The molecule has 1 aromatic heterocycles. The first-order valence-corrected chi connectivity index (χ1v) is 6.34. The summed E-state index contributed by atoms with van der Waals surface area (Å²) in [4.78, 5) is 18.8. The Morgan fingerprint density at radius 1 is 1.44 bits per heavy atom. The number of ketones is 1. The van der Waals surface area contributed by atoms with Crippen molar-refractivity contribution in [3.05, 3.63) is 12.2 Å². The first-order valence-electron chi connectivity index (χ1n) is 6.34. The minimum atomic E-state index is -0.436. The Labute approximate surface area is 107 Å². The smallest absolute Gasteiger partial charge is 0.160 e. The second-order valence-corrected chi connectivity index (χ2v) is 5.20. The highest BCUT2D eigenvalue weighted by molar-refractivity contribution is 5.88. The van der Waals surface area contributed by atoms with E-state index >= 15 is 0 Å². The molecule has 6 heteroatoms. The van der Waals surface area contributed by atoms with Gasteiger partial charge in [0.25, 0.3) is 0 Å². The maximum atomic E-state index is 12.4. The average molecular weight is 251 g/mol. The van der Waals surface area contributed by atoms with Crippen LogP contribution in [0.1, 0.15) is 19.7 Å². The number of carbonyl (C=O) groups is 1. The van der Waals surface area contributed by atoms with Gasteiger partial charge in [-0.05, 0) is 13.8 Å². The highest BCUT2D eigenvalue weighted by atomic mass is 16.1. The molecule has 0 aromatic carbocycles. The van der Waals surface area contributed by atoms with Gasteiger partial charge >= 0.3 is 0 Å². The molecule has 0 radical (unpaired) electrons. The normalized spacial score (nSPS) is 17.9. The molecule has 1 saturated heterocycles. The molecule has 2 rings (SSSR count). The molecule has 2 heterocycles. The van der Waals surface area contributed by atoms with E-state index < -0.39 is 5.54 Å². The zero-order chi connectivity index (χ0) is 13.2. The standard InChI is InChI=1S/C12H21N5O/c1-12(2,17-6-4-13-5-7-17)10(18)8-11-14-9-15-16(11)3/h9,13H,4-8H2,1-3H3. The van der Waals surface area contributed by atoms with Gasteiger partial charge in [-0.3, -0.25) is 14.4 Å². The minimum Gasteiger partial charge on any atom is -0.314 e. The monoisotopic (exact) mass is 251 g/mol. The molecule has 0 atom stereocenters. The second-order valence-electron chi connectivity index (χ2n) is 5.20. The van der Waals surface area contributed by atoms with Gasteiger partial charge in [0, 0.05) is 33.2 Å². The van der Waals surface area contributed by atoms with Crippen LogP contribution in [0.25, 0.3) is 0 Å². The molecule has 1 N–H and O–H groups in total. The SMILES string of the molecule is Cn1ncnc1CC(=O)C(C)(C)N1CCNCC1. The van der Waals surface area contributed by atoms with Crippen LogP contribution in [0.5, 0.6) is 0 Å². The second kappa shape index (κ2) is 5.16. The summed E-state index contributed by atoms with van der Waals surface area (Å²) in [5.74, 6) is 0.920. The van der Waals surface area contributed by atoms with Crippen LogP contribution < -0.4 is 5.32 Å². The lowest BCUT2D eigenvalue weighted by Gasteiger charge is -2.39. The summed E-state index contributed by atoms with van der Waals surface area (Å²) >= 11 is 0. The van der Waals surface area contributed by atoms with E-state index in [1.807, 2.05) is 20.9 Å². The average Bonchev–Trinajstić information content (AvgIpc) is 2.76. The van der Waals surface area contributed by atoms with Gasteiger partial charge in [-0.2, -0.15) is 5.10 Å². The molecule has 0 spiro atoms. The molecule has 0 unspecified atom stereocenters. The number of aryl methyl sites for hydroxylation is 1. The van der Waals surface area contributed by atoms with Crippen molar-refractivity contribution < 1.29 is 4.79 Å². The molecular weight excluding hydrogens is 230 g/mol. The molecule has 0 saturated carbocycles. The topological polar surface area (TPSA) is 63.1 Å². The van der Waals surface area contributed by atoms with Gasteiger partial charge in [-0.25, -0.2) is 4.98 Å². The summed E-state index contributed by atoms with van der Waals surface area (Å²) in [6, 6.07) is 0. The lowest BCUT2D eigenvalue weighted by molar-refractivity contribution is -0.129. The van der Waals surface area contributed by atoms with Gasteiger partial charge < -0.3 is 5.32 Å². The number of carbonyl (C=O) groups excluding carboxylic acids is 1. The van der Waals surface area contributed by atoms with E-state index in [1.165, 1.54) is 6.33 Å². The Hall–Kier alpha value is -1.27. The fourth-order valence-corrected chi connectivity index (χ4v) is 2.24. The number of nitrogens with zero attached hydrogens (tertiary/aromatic N) is 4. The van der Waals surface area contributed by atoms with Crippen molar-refractivity contribution >= 4 is 5.78 Å². The summed E-state index contributed by atoms with van der Waals surface area (Å²) in [5, 5.41) is 7.29. The van der Waals surface area contributed by atoms with Crippen molar-refractivity contribution in [1.82, 2.24) is 25.0 Å². The number of Topliss-reactive ketones (excluding diaryl/α,β-unsaturated/α-hetero) is 1. The van der Waals surface area contributed by atoms with Gasteiger partial charge in [-0.15, -0.1) is 0 Å². The number of aromatic nitrogens is 3. The number of hydrogen-bond acceptors (Lipinski definition) is 5. The van der Waals surface area contributed by atoms with Crippen molar-refractivity contribution in [1.29, 1.82) is 0 Å². The molecule has 100 valence electrons. The highest BCUT2D eigenvalue weighted by Gasteiger charge is 2.35. The molecule has 0 bridgehead atoms. The van der Waals surface area contributed by atoms with E-state index in [-0.39, 0.29) is 5.78 Å². The van der Waals surface area contributed by atoms with Crippen LogP contribution in [0.2, 0.25) is 0 Å². The van der Waals surface area contributed by atoms with E-state index in [4.69, 9.17) is 0 Å². The fourth-order valence-electron chi connectivity index (χ4n) is 2.24. The van der Waals surface area contributed by atoms with E-state index in [1.54, 1.807) is 4.68 Å². The van der Waals surface area contributed by atoms with Gasteiger partial charge in [0.1, 0.15) is 12.2 Å². The summed E-state index contributed by atoms with van der Waals surface area (Å²) in [5.41, 5.74) is -0.436. The summed E-state index contributed by atoms with van der Waals surface area (Å²) in [7, 11) is 1.81. The molecule has 18 heavy (non-hydrogen) atoms. The Balaban J connectivity index is 2.04. The van der Waals surface area contributed by atoms with E-state index in [9.17, 15) is 4.79 Å². The molecule has 1 aliphatic rings. The molecule has 1 fully saturated rings. The zero-order valence-corrected chi connectivity index (χ0v) is 11.3. The zero-order valence-electron chi connectivity index (χ0n) is 11.3. The van der Waals surface area contributed by atoms with Crippen LogP contribution >= 0.6 is 0 Å². The first kappa shape index (κ1) is 13.2. The third-order valence-electron chi connectivity index (χ3n) is 3.71. The Bertz CT molecular complexity index is 420. The van der Waals surface area contributed by atoms with Crippen LogP contribution in [0.15, 0.2) is 6.33 Å². The van der Waals surface area contributed by atoms with Crippen molar-refractivity contribution in [3.63, 3.8) is 0 Å². The predicted octanol–water partition coefficient (Wildman–Crippen LogP) is -0.389. The van der Waals surface area contributed by atoms with Gasteiger partial charge in [0.15, 0.2) is 5.78 Å². The van der Waals surface area contributed by atoms with E-state index in [0.717, 1.165) is 32.0 Å². The van der Waals surface area contributed by atoms with Crippen LogP contribution in [0.3, 0.4) is 0 Å². The Kier molecular flexibility index (Phi) is 3.77. The number of rotatable bonds is 4. The Morgan fingerprint density at radius 3 is 2.67 bits per heavy atom. The third-order valence-corrected chi connectivity index (χ3v) is 3.71. The van der Waals surface area contributed by atoms with E-state index in [2.05, 4.69) is 20.3 Å². The molecule has 0 aliphatic carbocycles. The van der Waals surface area contributed by atoms with Crippen LogP contribution in [-0.2, 0) is 18.3 Å². The Morgan fingerprint density at radius 2 is 2.11 bits per heavy atom. The number of nitrogens with one attached hydrogen (secondary N) is 1. The van der Waals surface area contributed by atoms with Crippen molar-refractivity contribution in [3.8, 4) is 0 Å². The fraction of sp³-hybridized carbons (Fsp3) is 0.750. The number of piperazine rings is 1. The molecule has 0 amide bonds. The summed E-state index contributed by atoms with van der Waals surface area (Å²) < 4.78 is 1.66. The lowest BCUT2D eigenvalue weighted by Crippen LogP contribution is -2.57. The quantitative estimate of drug-likeness (QED) is 0.789. The minimum absolute atomic E-state index is 0.195. The maximum Gasteiger partial charge on any atom is 0.160 e. The molecule has 1 aromatic rings. The lowest BCUT2D eigenvalue weighted by atomic mass is 9.93. The van der Waals surface area contributed by atoms with Crippen LogP contribution in [0.4, 0.5) is 0 Å². The van der Waals surface area contributed by atoms with Gasteiger partial charge in [-0.1, -0.05) is 0 Å². The number of hydrogen-bond donors (Lipinski definition) is 1. The van der Waals surface area contributed by atoms with Crippen LogP contribution in [0, 0.1) is 0 Å². The van der Waals surface area contributed by atoms with Crippen molar-refractivity contribution in [2.75, 3.05) is 26.2 Å². The van der Waals surface area contributed by atoms with Gasteiger partial charge in [0.2, 0.25) is 0 Å². The molecule has 1 aliphatic heterocycles. The van der Waals surface area contributed by atoms with Gasteiger partial charge in [0.05, 0.1) is 12.0 Å².